The number of amides is 1. The fraction of sp³-hybridized carbons (Fsp3) is 0.333. The standard InChI is InChI=1S/C18H19ClFNO4S/c1-4-14-10(3)16(18(23)24-5-2)17(26-14)21-15(22)9-25-11-6-7-13(20)12(19)8-11/h6-8H,4-5,9H2,1-3H3,(H,21,22). The Balaban J connectivity index is 2.10. The van der Waals surface area contributed by atoms with Crippen molar-refractivity contribution < 1.29 is 23.5 Å². The van der Waals surface area contributed by atoms with Gasteiger partial charge >= 0.3 is 5.97 Å². The summed E-state index contributed by atoms with van der Waals surface area (Å²) in [6.45, 7) is 5.47. The predicted molar refractivity (Wildman–Crippen MR) is 99.9 cm³/mol. The molecule has 8 heteroatoms. The highest BCUT2D eigenvalue weighted by atomic mass is 35.5. The van der Waals surface area contributed by atoms with E-state index in [1.165, 1.54) is 23.5 Å². The number of carbonyl (C=O) groups excluding carboxylic acids is 2. The Morgan fingerprint density at radius 1 is 1.31 bits per heavy atom. The molecule has 2 rings (SSSR count). The fourth-order valence-corrected chi connectivity index (χ4v) is 3.63. The van der Waals surface area contributed by atoms with Crippen LogP contribution in [-0.2, 0) is 16.0 Å². The SMILES string of the molecule is CCOC(=O)c1c(NC(=O)COc2ccc(F)c(Cl)c2)sc(CC)c1C. The quantitative estimate of drug-likeness (QED) is 0.691. The largest absolute Gasteiger partial charge is 0.484 e. The summed E-state index contributed by atoms with van der Waals surface area (Å²) in [6, 6.07) is 3.83. The molecule has 0 aliphatic rings. The van der Waals surface area contributed by atoms with Crippen LogP contribution in [0.5, 0.6) is 5.75 Å². The molecule has 0 radical (unpaired) electrons. The Labute approximate surface area is 160 Å². The average Bonchev–Trinajstić information content (AvgIpc) is 2.91. The van der Waals surface area contributed by atoms with Gasteiger partial charge in [-0.1, -0.05) is 18.5 Å². The highest BCUT2D eigenvalue weighted by molar-refractivity contribution is 7.17. The summed E-state index contributed by atoms with van der Waals surface area (Å²) >= 11 is 7.01. The number of rotatable bonds is 7. The summed E-state index contributed by atoms with van der Waals surface area (Å²) in [7, 11) is 0. The Bertz CT molecular complexity index is 822. The Kier molecular flexibility index (Phi) is 6.99. The second kappa shape index (κ2) is 9.00. The molecular formula is C18H19ClFNO4S. The number of ether oxygens (including phenoxy) is 2. The second-order valence-electron chi connectivity index (χ2n) is 5.34. The third-order valence-corrected chi connectivity index (χ3v) is 5.20. The first-order chi connectivity index (χ1) is 12.4. The zero-order chi connectivity index (χ0) is 19.3. The lowest BCUT2D eigenvalue weighted by Crippen LogP contribution is -2.21. The van der Waals surface area contributed by atoms with Crippen molar-refractivity contribution in [2.24, 2.45) is 0 Å². The zero-order valence-corrected chi connectivity index (χ0v) is 16.2. The van der Waals surface area contributed by atoms with Gasteiger partial charge in [-0.3, -0.25) is 4.79 Å². The maximum atomic E-state index is 13.1. The van der Waals surface area contributed by atoms with Gasteiger partial charge in [-0.05, 0) is 38.0 Å². The monoisotopic (exact) mass is 399 g/mol. The van der Waals surface area contributed by atoms with Crippen molar-refractivity contribution in [2.75, 3.05) is 18.5 Å². The van der Waals surface area contributed by atoms with Crippen LogP contribution in [0.15, 0.2) is 18.2 Å². The number of aryl methyl sites for hydroxylation is 1. The third-order valence-electron chi connectivity index (χ3n) is 3.56. The molecule has 0 saturated carbocycles. The summed E-state index contributed by atoms with van der Waals surface area (Å²) in [5.74, 6) is -1.21. The van der Waals surface area contributed by atoms with Crippen molar-refractivity contribution >= 4 is 39.8 Å². The molecule has 1 aromatic heterocycles. The third kappa shape index (κ3) is 4.74. The van der Waals surface area contributed by atoms with Crippen LogP contribution in [0.2, 0.25) is 5.02 Å². The first kappa shape index (κ1) is 20.2. The van der Waals surface area contributed by atoms with E-state index < -0.39 is 17.7 Å². The molecule has 26 heavy (non-hydrogen) atoms. The lowest BCUT2D eigenvalue weighted by Gasteiger charge is -2.09. The molecule has 2 aromatic rings. The average molecular weight is 400 g/mol. The van der Waals surface area contributed by atoms with Gasteiger partial charge in [0.15, 0.2) is 6.61 Å². The van der Waals surface area contributed by atoms with Crippen molar-refractivity contribution in [1.29, 1.82) is 0 Å². The topological polar surface area (TPSA) is 64.6 Å². The van der Waals surface area contributed by atoms with Gasteiger partial charge in [0.25, 0.3) is 5.91 Å². The van der Waals surface area contributed by atoms with E-state index in [4.69, 9.17) is 21.1 Å². The molecule has 0 unspecified atom stereocenters. The van der Waals surface area contributed by atoms with Crippen LogP contribution >= 0.6 is 22.9 Å². The van der Waals surface area contributed by atoms with Gasteiger partial charge in [-0.15, -0.1) is 11.3 Å². The molecule has 0 fully saturated rings. The van der Waals surface area contributed by atoms with E-state index >= 15 is 0 Å². The lowest BCUT2D eigenvalue weighted by molar-refractivity contribution is -0.118. The van der Waals surface area contributed by atoms with E-state index in [1.54, 1.807) is 6.92 Å². The zero-order valence-electron chi connectivity index (χ0n) is 14.7. The molecule has 0 bridgehead atoms. The molecule has 1 aromatic carbocycles. The molecule has 1 heterocycles. The summed E-state index contributed by atoms with van der Waals surface area (Å²) in [6.07, 6.45) is 0.739. The van der Waals surface area contributed by atoms with Crippen LogP contribution in [0.4, 0.5) is 9.39 Å². The second-order valence-corrected chi connectivity index (χ2v) is 6.85. The van der Waals surface area contributed by atoms with E-state index in [1.807, 2.05) is 13.8 Å². The maximum Gasteiger partial charge on any atom is 0.341 e. The van der Waals surface area contributed by atoms with E-state index in [0.717, 1.165) is 22.9 Å². The Morgan fingerprint density at radius 3 is 2.65 bits per heavy atom. The maximum absolute atomic E-state index is 13.1. The molecule has 0 aliphatic carbocycles. The molecule has 0 aliphatic heterocycles. The minimum Gasteiger partial charge on any atom is -0.484 e. The molecule has 5 nitrogen and oxygen atoms in total. The van der Waals surface area contributed by atoms with Crippen molar-refractivity contribution in [1.82, 2.24) is 0 Å². The van der Waals surface area contributed by atoms with Crippen LogP contribution in [0.1, 0.15) is 34.6 Å². The van der Waals surface area contributed by atoms with Crippen molar-refractivity contribution in [3.8, 4) is 5.75 Å². The van der Waals surface area contributed by atoms with E-state index in [2.05, 4.69) is 5.32 Å². The fourth-order valence-electron chi connectivity index (χ4n) is 2.31. The molecule has 0 atom stereocenters. The number of nitrogens with one attached hydrogen (secondary N) is 1. The Morgan fingerprint density at radius 2 is 2.04 bits per heavy atom. The van der Waals surface area contributed by atoms with Crippen molar-refractivity contribution in [3.63, 3.8) is 0 Å². The highest BCUT2D eigenvalue weighted by Gasteiger charge is 2.23. The summed E-state index contributed by atoms with van der Waals surface area (Å²) in [4.78, 5) is 25.4. The van der Waals surface area contributed by atoms with Crippen molar-refractivity contribution in [3.05, 3.63) is 45.0 Å². The van der Waals surface area contributed by atoms with Gasteiger partial charge < -0.3 is 14.8 Å². The summed E-state index contributed by atoms with van der Waals surface area (Å²) < 4.78 is 23.5. The number of benzene rings is 1. The number of anilines is 1. The molecular weight excluding hydrogens is 381 g/mol. The van der Waals surface area contributed by atoms with Gasteiger partial charge in [0.2, 0.25) is 0 Å². The number of hydrogen-bond acceptors (Lipinski definition) is 5. The molecule has 1 N–H and O–H groups in total. The lowest BCUT2D eigenvalue weighted by atomic mass is 10.1. The first-order valence-electron chi connectivity index (χ1n) is 8.04. The Hall–Kier alpha value is -2.12. The normalized spacial score (nSPS) is 10.5. The van der Waals surface area contributed by atoms with Gasteiger partial charge in [-0.2, -0.15) is 0 Å². The predicted octanol–water partition coefficient (Wildman–Crippen LogP) is 4.61. The van der Waals surface area contributed by atoms with Crippen LogP contribution in [-0.4, -0.2) is 25.1 Å². The summed E-state index contributed by atoms with van der Waals surface area (Å²) in [5, 5.41) is 3.03. The highest BCUT2D eigenvalue weighted by Crippen LogP contribution is 2.34. The van der Waals surface area contributed by atoms with E-state index in [-0.39, 0.29) is 24.0 Å². The van der Waals surface area contributed by atoms with Crippen LogP contribution < -0.4 is 10.1 Å². The van der Waals surface area contributed by atoms with Gasteiger partial charge in [-0.25, -0.2) is 9.18 Å². The van der Waals surface area contributed by atoms with Crippen molar-refractivity contribution in [2.45, 2.75) is 27.2 Å². The summed E-state index contributed by atoms with van der Waals surface area (Å²) in [5.41, 5.74) is 1.17. The van der Waals surface area contributed by atoms with Gasteiger partial charge in [0.1, 0.15) is 16.6 Å². The van der Waals surface area contributed by atoms with E-state index in [9.17, 15) is 14.0 Å². The molecule has 1 amide bonds. The van der Waals surface area contributed by atoms with Gasteiger partial charge in [0.05, 0.1) is 17.2 Å². The number of halogens is 2. The van der Waals surface area contributed by atoms with Crippen LogP contribution in [0, 0.1) is 12.7 Å². The number of carbonyl (C=O) groups is 2. The number of esters is 1. The van der Waals surface area contributed by atoms with Crippen LogP contribution in [0.25, 0.3) is 0 Å². The first-order valence-corrected chi connectivity index (χ1v) is 9.23. The molecule has 0 saturated heterocycles. The van der Waals surface area contributed by atoms with Crippen LogP contribution in [0.3, 0.4) is 0 Å². The molecule has 140 valence electrons. The smallest absolute Gasteiger partial charge is 0.341 e. The number of hydrogen-bond donors (Lipinski definition) is 1. The number of thiophene rings is 1. The van der Waals surface area contributed by atoms with E-state index in [0.29, 0.717) is 10.6 Å². The minimum absolute atomic E-state index is 0.0889. The van der Waals surface area contributed by atoms with Gasteiger partial charge in [0, 0.05) is 10.9 Å². The minimum atomic E-state index is -0.566. The molecule has 0 spiro atoms.